The zero-order valence-electron chi connectivity index (χ0n) is 6.74. The van der Waals surface area contributed by atoms with Gasteiger partial charge < -0.3 is 10.3 Å². The van der Waals surface area contributed by atoms with E-state index in [0.29, 0.717) is 5.69 Å². The fourth-order valence-corrected chi connectivity index (χ4v) is 2.12. The van der Waals surface area contributed by atoms with Crippen LogP contribution < -0.4 is 5.73 Å². The highest BCUT2D eigenvalue weighted by molar-refractivity contribution is 7.95. The molecule has 1 atom stereocenters. The van der Waals surface area contributed by atoms with Crippen molar-refractivity contribution in [3.05, 3.63) is 24.3 Å². The average molecular weight is 236 g/mol. The Hall–Kier alpha value is -0.960. The average Bonchev–Trinajstić information content (AvgIpc) is 2.02. The molecule has 2 N–H and O–H groups in total. The first-order valence-electron chi connectivity index (χ1n) is 3.31. The summed E-state index contributed by atoms with van der Waals surface area (Å²) < 4.78 is 46.0. The van der Waals surface area contributed by atoms with Crippen molar-refractivity contribution in [1.82, 2.24) is 0 Å². The summed E-state index contributed by atoms with van der Waals surface area (Å²) in [6.45, 7) is 0. The van der Waals surface area contributed by atoms with Crippen molar-refractivity contribution in [1.29, 1.82) is 0 Å². The zero-order valence-corrected chi connectivity index (χ0v) is 8.38. The van der Waals surface area contributed by atoms with Crippen LogP contribution in [0.2, 0.25) is 0 Å². The second-order valence-corrected chi connectivity index (χ2v) is 4.63. The largest absolute Gasteiger partial charge is 0.749 e. The number of benzene rings is 1. The van der Waals surface area contributed by atoms with Crippen molar-refractivity contribution in [3.8, 4) is 0 Å². The molecule has 0 aliphatic heterocycles. The predicted molar refractivity (Wildman–Crippen MR) is 48.0 cm³/mol. The normalized spacial score (nSPS) is 13.8. The first kappa shape index (κ1) is 11.1. The molecule has 1 aromatic rings. The van der Waals surface area contributed by atoms with Gasteiger partial charge >= 0.3 is 10.1 Å². The Morgan fingerprint density at radius 2 is 1.79 bits per heavy atom. The zero-order chi connectivity index (χ0) is 10.8. The van der Waals surface area contributed by atoms with Crippen molar-refractivity contribution in [2.75, 3.05) is 5.73 Å². The number of rotatable bonds is 3. The summed E-state index contributed by atoms with van der Waals surface area (Å²) in [7, 11) is -4.24. The molecule has 0 aliphatic carbocycles. The van der Waals surface area contributed by atoms with Crippen molar-refractivity contribution in [3.63, 3.8) is 0 Å². The molecule has 1 aromatic carbocycles. The van der Waals surface area contributed by atoms with Crippen molar-refractivity contribution in [2.24, 2.45) is 0 Å². The van der Waals surface area contributed by atoms with Gasteiger partial charge in [-0.15, -0.1) is 0 Å². The van der Waals surface area contributed by atoms with E-state index in [4.69, 9.17) is 5.73 Å². The lowest BCUT2D eigenvalue weighted by molar-refractivity contribution is 0.429. The van der Waals surface area contributed by atoms with Gasteiger partial charge in [0.25, 0.3) is 0 Å². The van der Waals surface area contributed by atoms with E-state index in [0.717, 1.165) is 12.1 Å². The minimum atomic E-state index is -4.24. The van der Waals surface area contributed by atoms with Gasteiger partial charge in [-0.05, 0) is 24.3 Å². The van der Waals surface area contributed by atoms with Crippen molar-refractivity contribution >= 4 is 27.2 Å². The summed E-state index contributed by atoms with van der Waals surface area (Å²) in [6.07, 6.45) is 0. The quantitative estimate of drug-likeness (QED) is 0.573. The van der Waals surface area contributed by atoms with Gasteiger partial charge in [0.05, 0.1) is 4.90 Å². The minimum absolute atomic E-state index is 0.268. The van der Waals surface area contributed by atoms with Gasteiger partial charge in [-0.2, -0.15) is 12.0 Å². The van der Waals surface area contributed by atoms with Crippen LogP contribution >= 0.6 is 0 Å². The number of hydrogen-bond acceptors (Lipinski definition) is 6. The smallest absolute Gasteiger partial charge is 0.308 e. The fraction of sp³-hybridized carbons (Fsp3) is 0. The van der Waals surface area contributed by atoms with Crippen LogP contribution in [0.5, 0.6) is 0 Å². The maximum Gasteiger partial charge on any atom is 0.308 e. The van der Waals surface area contributed by atoms with E-state index in [1.807, 2.05) is 0 Å². The van der Waals surface area contributed by atoms with Crippen LogP contribution in [0.25, 0.3) is 0 Å². The molecule has 0 bridgehead atoms. The standard InChI is InChI=1S/C6H7NO5S2/c7-5-1-3-6(4-2-5)14(10,11)12-13(8)9/h1-4H,7H2,(H,8,9)/p-1. The fourth-order valence-electron chi connectivity index (χ4n) is 0.747. The lowest BCUT2D eigenvalue weighted by atomic mass is 10.3. The molecular formula is C6H6NO5S2-. The first-order valence-corrected chi connectivity index (χ1v) is 5.72. The molecule has 78 valence electrons. The van der Waals surface area contributed by atoms with Gasteiger partial charge in [0.15, 0.2) is 0 Å². The van der Waals surface area contributed by atoms with Crippen LogP contribution in [0.1, 0.15) is 0 Å². The van der Waals surface area contributed by atoms with E-state index in [9.17, 15) is 17.2 Å². The third kappa shape index (κ3) is 2.77. The summed E-state index contributed by atoms with van der Waals surface area (Å²) in [5, 5.41) is 0. The highest BCUT2D eigenvalue weighted by Gasteiger charge is 2.15. The number of anilines is 1. The Labute approximate surface area is 83.3 Å². The molecule has 0 amide bonds. The van der Waals surface area contributed by atoms with Crippen LogP contribution in [0.15, 0.2) is 29.2 Å². The van der Waals surface area contributed by atoms with E-state index in [2.05, 4.69) is 3.63 Å². The summed E-state index contributed by atoms with van der Waals surface area (Å²) in [5.41, 5.74) is 5.68. The molecule has 14 heavy (non-hydrogen) atoms. The van der Waals surface area contributed by atoms with Crippen molar-refractivity contribution < 1.29 is 20.8 Å². The van der Waals surface area contributed by atoms with Gasteiger partial charge in [0, 0.05) is 5.69 Å². The predicted octanol–water partition coefficient (Wildman–Crippen LogP) is -0.232. The SMILES string of the molecule is Nc1ccc(S(=O)(=O)OS(=O)[O-])cc1. The molecule has 0 saturated heterocycles. The Bertz CT molecular complexity index is 438. The molecule has 0 heterocycles. The summed E-state index contributed by atoms with van der Waals surface area (Å²) in [5.74, 6) is 0. The van der Waals surface area contributed by atoms with Gasteiger partial charge in [-0.3, -0.25) is 0 Å². The lowest BCUT2D eigenvalue weighted by Crippen LogP contribution is -2.08. The van der Waals surface area contributed by atoms with Gasteiger partial charge in [0.1, 0.15) is 11.4 Å². The molecule has 6 nitrogen and oxygen atoms in total. The van der Waals surface area contributed by atoms with Crippen LogP contribution in [0.3, 0.4) is 0 Å². The Morgan fingerprint density at radius 1 is 1.29 bits per heavy atom. The summed E-state index contributed by atoms with van der Waals surface area (Å²) in [4.78, 5) is -0.268. The van der Waals surface area contributed by atoms with Gasteiger partial charge in [-0.25, -0.2) is 4.21 Å². The molecule has 1 rings (SSSR count). The second-order valence-electron chi connectivity index (χ2n) is 2.30. The molecule has 1 unspecified atom stereocenters. The van der Waals surface area contributed by atoms with Crippen LogP contribution in [0.4, 0.5) is 5.69 Å². The topological polar surface area (TPSA) is 110 Å². The van der Waals surface area contributed by atoms with Crippen LogP contribution in [-0.4, -0.2) is 17.2 Å². The maximum atomic E-state index is 11.1. The molecule has 0 aromatic heterocycles. The monoisotopic (exact) mass is 236 g/mol. The van der Waals surface area contributed by atoms with E-state index in [-0.39, 0.29) is 4.90 Å². The molecule has 8 heteroatoms. The Balaban J connectivity index is 3.05. The highest BCUT2D eigenvalue weighted by Crippen LogP contribution is 2.14. The van der Waals surface area contributed by atoms with Gasteiger partial charge in [0.2, 0.25) is 0 Å². The molecule has 0 aliphatic rings. The summed E-state index contributed by atoms with van der Waals surface area (Å²) in [6, 6.07) is 4.95. The van der Waals surface area contributed by atoms with E-state index in [1.54, 1.807) is 0 Å². The van der Waals surface area contributed by atoms with E-state index >= 15 is 0 Å². The second kappa shape index (κ2) is 4.05. The number of hydrogen-bond donors (Lipinski definition) is 1. The molecule has 0 fully saturated rings. The van der Waals surface area contributed by atoms with Crippen molar-refractivity contribution in [2.45, 2.75) is 4.90 Å². The van der Waals surface area contributed by atoms with E-state index in [1.165, 1.54) is 12.1 Å². The van der Waals surface area contributed by atoms with Gasteiger partial charge in [-0.1, -0.05) is 0 Å². The minimum Gasteiger partial charge on any atom is -0.749 e. The molecular weight excluding hydrogens is 230 g/mol. The Morgan fingerprint density at radius 3 is 2.21 bits per heavy atom. The third-order valence-corrected chi connectivity index (χ3v) is 3.32. The number of nitrogens with two attached hydrogens (primary N) is 1. The van der Waals surface area contributed by atoms with Crippen LogP contribution in [0, 0.1) is 0 Å². The van der Waals surface area contributed by atoms with E-state index < -0.39 is 21.5 Å². The Kier molecular flexibility index (Phi) is 3.21. The molecule has 0 saturated carbocycles. The summed E-state index contributed by atoms with van der Waals surface area (Å²) >= 11 is -3.11. The maximum absolute atomic E-state index is 11.1. The third-order valence-electron chi connectivity index (χ3n) is 1.31. The molecule has 0 spiro atoms. The van der Waals surface area contributed by atoms with Crippen LogP contribution in [-0.2, 0) is 25.1 Å². The molecule has 0 radical (unpaired) electrons. The number of nitrogen functional groups attached to an aromatic ring is 1. The highest BCUT2D eigenvalue weighted by atomic mass is 32.3. The first-order chi connectivity index (χ1) is 6.42. The lowest BCUT2D eigenvalue weighted by Gasteiger charge is -2.06.